The van der Waals surface area contributed by atoms with Crippen LogP contribution in [0.15, 0.2) is 0 Å². The molecule has 1 fully saturated rings. The highest BCUT2D eigenvalue weighted by Gasteiger charge is 2.07. The summed E-state index contributed by atoms with van der Waals surface area (Å²) in [5.41, 5.74) is 0. The minimum Gasteiger partial charge on any atom is -0.0891 e. The van der Waals surface area contributed by atoms with Crippen molar-refractivity contribution in [1.29, 1.82) is 0 Å². The topological polar surface area (TPSA) is 0 Å². The summed E-state index contributed by atoms with van der Waals surface area (Å²) in [4.78, 5) is 0. The Bertz CT molecular complexity index is 110. The number of hydrogen-bond donors (Lipinski definition) is 0. The first kappa shape index (κ1) is 12.1. The van der Waals surface area contributed by atoms with E-state index >= 15 is 0 Å². The summed E-state index contributed by atoms with van der Waals surface area (Å²) in [7, 11) is 1.42. The monoisotopic (exact) mass is 194 g/mol. The first-order valence-corrected chi connectivity index (χ1v) is 6.93. The van der Waals surface area contributed by atoms with Crippen molar-refractivity contribution >= 4 is 7.28 Å². The molecule has 0 atom stereocenters. The van der Waals surface area contributed by atoms with Crippen molar-refractivity contribution < 1.29 is 0 Å². The van der Waals surface area contributed by atoms with Gasteiger partial charge in [-0.3, -0.25) is 0 Å². The molecule has 1 rings (SSSR count). The maximum absolute atomic E-state index is 2.37. The van der Waals surface area contributed by atoms with Gasteiger partial charge in [0.05, 0.1) is 0 Å². The second-order valence-corrected chi connectivity index (χ2v) is 5.03. The van der Waals surface area contributed by atoms with Crippen LogP contribution in [0.25, 0.3) is 0 Å². The van der Waals surface area contributed by atoms with Crippen LogP contribution in [0.4, 0.5) is 0 Å². The zero-order valence-corrected chi connectivity index (χ0v) is 10.1. The Morgan fingerprint density at radius 3 is 1.36 bits per heavy atom. The molecule has 0 unspecified atom stereocenters. The van der Waals surface area contributed by atoms with Gasteiger partial charge in [-0.25, -0.2) is 0 Å². The van der Waals surface area contributed by atoms with Gasteiger partial charge in [0.2, 0.25) is 0 Å². The molecule has 0 aliphatic heterocycles. The van der Waals surface area contributed by atoms with Gasteiger partial charge >= 0.3 is 0 Å². The smallest absolute Gasteiger partial charge is 0.0891 e. The lowest BCUT2D eigenvalue weighted by atomic mass is 9.63. The van der Waals surface area contributed by atoms with Crippen molar-refractivity contribution in [2.24, 2.45) is 0 Å². The Morgan fingerprint density at radius 1 is 0.643 bits per heavy atom. The molecule has 1 saturated carbocycles. The molecule has 0 aromatic carbocycles. The van der Waals surface area contributed by atoms with Crippen LogP contribution in [-0.2, 0) is 0 Å². The van der Waals surface area contributed by atoms with E-state index in [1.165, 1.54) is 77.9 Å². The predicted octanol–water partition coefficient (Wildman–Crippen LogP) is 4.56. The Morgan fingerprint density at radius 2 is 1.00 bits per heavy atom. The van der Waals surface area contributed by atoms with Gasteiger partial charge < -0.3 is 0 Å². The largest absolute Gasteiger partial charge is 0.120 e. The maximum Gasteiger partial charge on any atom is 0.120 e. The van der Waals surface area contributed by atoms with Gasteiger partial charge in [0.1, 0.15) is 7.28 Å². The fourth-order valence-corrected chi connectivity index (χ4v) is 2.66. The van der Waals surface area contributed by atoms with E-state index in [9.17, 15) is 0 Å². The van der Waals surface area contributed by atoms with Crippen LogP contribution >= 0.6 is 0 Å². The lowest BCUT2D eigenvalue weighted by Gasteiger charge is -2.14. The second-order valence-electron chi connectivity index (χ2n) is 5.03. The van der Waals surface area contributed by atoms with Crippen molar-refractivity contribution in [3.8, 4) is 0 Å². The van der Waals surface area contributed by atoms with Crippen molar-refractivity contribution in [1.82, 2.24) is 0 Å². The van der Waals surface area contributed by atoms with E-state index in [0.717, 1.165) is 5.82 Å². The molecular weight excluding hydrogens is 167 g/mol. The van der Waals surface area contributed by atoms with E-state index in [0.29, 0.717) is 0 Å². The highest BCUT2D eigenvalue weighted by molar-refractivity contribution is 6.35. The molecule has 0 aromatic heterocycles. The molecule has 82 valence electrons. The third-order valence-corrected chi connectivity index (χ3v) is 3.80. The van der Waals surface area contributed by atoms with E-state index in [-0.39, 0.29) is 0 Å². The van der Waals surface area contributed by atoms with E-state index in [2.05, 4.69) is 6.82 Å². The van der Waals surface area contributed by atoms with Crippen molar-refractivity contribution in [3.63, 3.8) is 0 Å². The second kappa shape index (κ2) is 8.38. The standard InChI is InChI=1S/C13H27B/c1-14-13-11-9-7-5-3-2-4-6-8-10-12-13/h13-14H,2-12H2,1H3. The van der Waals surface area contributed by atoms with Crippen LogP contribution in [-0.4, -0.2) is 7.28 Å². The molecule has 0 nitrogen and oxygen atoms in total. The molecule has 0 radical (unpaired) electrons. The molecule has 1 aliphatic rings. The molecule has 0 amide bonds. The average molecular weight is 194 g/mol. The van der Waals surface area contributed by atoms with E-state index in [1.54, 1.807) is 0 Å². The van der Waals surface area contributed by atoms with Gasteiger partial charge in [-0.1, -0.05) is 83.3 Å². The molecule has 0 aromatic rings. The maximum atomic E-state index is 2.37. The van der Waals surface area contributed by atoms with Crippen LogP contribution in [0.2, 0.25) is 12.6 Å². The molecule has 0 bridgehead atoms. The predicted molar refractivity (Wildman–Crippen MR) is 67.6 cm³/mol. The fourth-order valence-electron chi connectivity index (χ4n) is 2.66. The fraction of sp³-hybridized carbons (Fsp3) is 1.00. The van der Waals surface area contributed by atoms with Crippen molar-refractivity contribution in [3.05, 3.63) is 0 Å². The van der Waals surface area contributed by atoms with Crippen molar-refractivity contribution in [2.75, 3.05) is 0 Å². The van der Waals surface area contributed by atoms with Gasteiger partial charge in [0.15, 0.2) is 0 Å². The van der Waals surface area contributed by atoms with E-state index < -0.39 is 0 Å². The highest BCUT2D eigenvalue weighted by Crippen LogP contribution is 2.24. The normalized spacial score (nSPS) is 23.5. The third kappa shape index (κ3) is 5.72. The van der Waals surface area contributed by atoms with Gasteiger partial charge in [0, 0.05) is 0 Å². The van der Waals surface area contributed by atoms with Gasteiger partial charge in [-0.2, -0.15) is 0 Å². The summed E-state index contributed by atoms with van der Waals surface area (Å²) >= 11 is 0. The SMILES string of the molecule is CBC1CCCCCCCCCCC1. The van der Waals surface area contributed by atoms with Crippen molar-refractivity contribution in [2.45, 2.75) is 83.3 Å². The third-order valence-electron chi connectivity index (χ3n) is 3.80. The molecule has 0 N–H and O–H groups in total. The molecule has 0 spiro atoms. The van der Waals surface area contributed by atoms with Crippen LogP contribution in [0.3, 0.4) is 0 Å². The van der Waals surface area contributed by atoms with Gasteiger partial charge in [-0.15, -0.1) is 0 Å². The molecule has 0 heterocycles. The van der Waals surface area contributed by atoms with E-state index in [1.807, 2.05) is 0 Å². The van der Waals surface area contributed by atoms with E-state index in [4.69, 9.17) is 0 Å². The summed E-state index contributed by atoms with van der Waals surface area (Å²) in [6, 6.07) is 0. The Balaban J connectivity index is 2.17. The number of rotatable bonds is 1. The summed E-state index contributed by atoms with van der Waals surface area (Å²) in [5, 5.41) is 0. The zero-order valence-electron chi connectivity index (χ0n) is 10.1. The molecule has 1 aliphatic carbocycles. The highest BCUT2D eigenvalue weighted by atomic mass is 14.1. The minimum atomic E-state index is 1.05. The quantitative estimate of drug-likeness (QED) is 0.536. The molecular formula is C13H27B. The molecule has 1 heteroatoms. The Hall–Kier alpha value is 0.0649. The summed E-state index contributed by atoms with van der Waals surface area (Å²) in [5.74, 6) is 1.05. The Kier molecular flexibility index (Phi) is 7.26. The zero-order chi connectivity index (χ0) is 10.1. The Labute approximate surface area is 91.1 Å². The first-order valence-electron chi connectivity index (χ1n) is 6.93. The van der Waals surface area contributed by atoms with Gasteiger partial charge in [0.25, 0.3) is 0 Å². The molecule has 14 heavy (non-hydrogen) atoms. The average Bonchev–Trinajstić information content (AvgIpc) is 2.19. The lowest BCUT2D eigenvalue weighted by Crippen LogP contribution is -2.01. The minimum absolute atomic E-state index is 1.05. The van der Waals surface area contributed by atoms with Gasteiger partial charge in [-0.05, 0) is 0 Å². The summed E-state index contributed by atoms with van der Waals surface area (Å²) in [6.07, 6.45) is 16.5. The van der Waals surface area contributed by atoms with Crippen LogP contribution in [0.1, 0.15) is 70.6 Å². The number of hydrogen-bond acceptors (Lipinski definition) is 0. The summed E-state index contributed by atoms with van der Waals surface area (Å²) < 4.78 is 0. The summed E-state index contributed by atoms with van der Waals surface area (Å²) in [6.45, 7) is 2.37. The van der Waals surface area contributed by atoms with Crippen LogP contribution < -0.4 is 0 Å². The van der Waals surface area contributed by atoms with Crippen LogP contribution in [0.5, 0.6) is 0 Å². The lowest BCUT2D eigenvalue weighted by molar-refractivity contribution is 0.502. The first-order chi connectivity index (χ1) is 6.93. The van der Waals surface area contributed by atoms with Crippen LogP contribution in [0, 0.1) is 0 Å². The molecule has 0 saturated heterocycles.